The Morgan fingerprint density at radius 1 is 1.47 bits per heavy atom. The van der Waals surface area contributed by atoms with Crippen LogP contribution in [0.1, 0.15) is 23.2 Å². The Bertz CT molecular complexity index is 647. The van der Waals surface area contributed by atoms with E-state index in [0.29, 0.717) is 11.2 Å². The quantitative estimate of drug-likeness (QED) is 0.860. The van der Waals surface area contributed by atoms with Crippen LogP contribution in [0.3, 0.4) is 0 Å². The summed E-state index contributed by atoms with van der Waals surface area (Å²) in [6, 6.07) is 1.74. The van der Waals surface area contributed by atoms with Crippen LogP contribution in [0.2, 0.25) is 0 Å². The summed E-state index contributed by atoms with van der Waals surface area (Å²) in [6.07, 6.45) is 6.41. The SMILES string of the molecule is O=C(O)CN(C(=O)c1cnn2cccnc12)C1CC1. The maximum atomic E-state index is 12.4. The zero-order chi connectivity index (χ0) is 13.4. The minimum atomic E-state index is -1.01. The number of carbonyl (C=O) groups is 2. The van der Waals surface area contributed by atoms with Gasteiger partial charge < -0.3 is 10.0 Å². The summed E-state index contributed by atoms with van der Waals surface area (Å²) < 4.78 is 1.50. The average molecular weight is 260 g/mol. The summed E-state index contributed by atoms with van der Waals surface area (Å²) in [5.41, 5.74) is 0.789. The molecule has 1 aliphatic carbocycles. The van der Waals surface area contributed by atoms with Crippen molar-refractivity contribution in [3.63, 3.8) is 0 Å². The number of aromatic nitrogens is 3. The number of rotatable bonds is 4. The monoisotopic (exact) mass is 260 g/mol. The molecule has 0 aliphatic heterocycles. The summed E-state index contributed by atoms with van der Waals surface area (Å²) >= 11 is 0. The van der Waals surface area contributed by atoms with Gasteiger partial charge >= 0.3 is 5.97 Å². The molecular weight excluding hydrogens is 248 g/mol. The molecule has 98 valence electrons. The fourth-order valence-electron chi connectivity index (χ4n) is 2.03. The Balaban J connectivity index is 1.95. The lowest BCUT2D eigenvalue weighted by Crippen LogP contribution is -2.37. The van der Waals surface area contributed by atoms with Crippen molar-refractivity contribution in [2.75, 3.05) is 6.54 Å². The normalized spacial score (nSPS) is 14.5. The highest BCUT2D eigenvalue weighted by atomic mass is 16.4. The number of hydrogen-bond acceptors (Lipinski definition) is 4. The lowest BCUT2D eigenvalue weighted by Gasteiger charge is -2.19. The second-order valence-corrected chi connectivity index (χ2v) is 4.50. The molecule has 0 radical (unpaired) electrons. The first-order valence-electron chi connectivity index (χ1n) is 5.98. The van der Waals surface area contributed by atoms with Crippen molar-refractivity contribution in [3.05, 3.63) is 30.2 Å². The van der Waals surface area contributed by atoms with Crippen LogP contribution in [0.4, 0.5) is 0 Å². The molecule has 0 unspecified atom stereocenters. The standard InChI is InChI=1S/C12H12N4O3/c17-10(18)7-15(8-2-3-8)12(19)9-6-14-16-5-1-4-13-11(9)16/h1,4-6,8H,2-3,7H2,(H,17,18). The molecule has 1 fully saturated rings. The second kappa shape index (κ2) is 4.34. The first kappa shape index (κ1) is 11.6. The van der Waals surface area contributed by atoms with E-state index >= 15 is 0 Å². The zero-order valence-electron chi connectivity index (χ0n) is 10.1. The maximum absolute atomic E-state index is 12.4. The molecule has 2 aromatic rings. The third kappa shape index (κ3) is 2.14. The van der Waals surface area contributed by atoms with E-state index in [4.69, 9.17) is 5.11 Å². The molecule has 1 amide bonds. The van der Waals surface area contributed by atoms with Gasteiger partial charge in [0.15, 0.2) is 5.65 Å². The van der Waals surface area contributed by atoms with E-state index in [2.05, 4.69) is 10.1 Å². The van der Waals surface area contributed by atoms with Crippen molar-refractivity contribution in [1.29, 1.82) is 0 Å². The van der Waals surface area contributed by atoms with Crippen LogP contribution in [0.25, 0.3) is 5.65 Å². The molecule has 19 heavy (non-hydrogen) atoms. The fourth-order valence-corrected chi connectivity index (χ4v) is 2.03. The van der Waals surface area contributed by atoms with Gasteiger partial charge in [-0.3, -0.25) is 9.59 Å². The van der Waals surface area contributed by atoms with Crippen LogP contribution in [0.5, 0.6) is 0 Å². The topological polar surface area (TPSA) is 87.8 Å². The highest BCUT2D eigenvalue weighted by molar-refractivity contribution is 6.01. The minimum Gasteiger partial charge on any atom is -0.480 e. The summed E-state index contributed by atoms with van der Waals surface area (Å²) in [5, 5.41) is 12.9. The van der Waals surface area contributed by atoms with Crippen LogP contribution in [-0.2, 0) is 4.79 Å². The number of amides is 1. The van der Waals surface area contributed by atoms with E-state index in [1.54, 1.807) is 18.5 Å². The van der Waals surface area contributed by atoms with E-state index in [0.717, 1.165) is 12.8 Å². The van der Waals surface area contributed by atoms with Gasteiger partial charge in [0.05, 0.1) is 6.20 Å². The number of aliphatic carboxylic acids is 1. The highest BCUT2D eigenvalue weighted by Crippen LogP contribution is 2.28. The third-order valence-corrected chi connectivity index (χ3v) is 3.06. The Morgan fingerprint density at radius 2 is 2.26 bits per heavy atom. The largest absolute Gasteiger partial charge is 0.480 e. The van der Waals surface area contributed by atoms with Crippen LogP contribution < -0.4 is 0 Å². The van der Waals surface area contributed by atoms with Crippen LogP contribution >= 0.6 is 0 Å². The molecule has 3 rings (SSSR count). The van der Waals surface area contributed by atoms with Crippen molar-refractivity contribution < 1.29 is 14.7 Å². The predicted molar refractivity (Wildman–Crippen MR) is 64.7 cm³/mol. The molecule has 0 spiro atoms. The summed E-state index contributed by atoms with van der Waals surface area (Å²) in [7, 11) is 0. The molecule has 2 heterocycles. The van der Waals surface area contributed by atoms with Crippen molar-refractivity contribution in [3.8, 4) is 0 Å². The molecule has 0 aromatic carbocycles. The van der Waals surface area contributed by atoms with Crippen LogP contribution in [-0.4, -0.2) is 49.1 Å². The van der Waals surface area contributed by atoms with Gasteiger partial charge in [0.25, 0.3) is 5.91 Å². The first-order valence-corrected chi connectivity index (χ1v) is 5.98. The third-order valence-electron chi connectivity index (χ3n) is 3.06. The average Bonchev–Trinajstić information content (AvgIpc) is 3.14. The summed E-state index contributed by atoms with van der Waals surface area (Å²) in [6.45, 7) is -0.284. The zero-order valence-corrected chi connectivity index (χ0v) is 10.1. The van der Waals surface area contributed by atoms with E-state index in [-0.39, 0.29) is 18.5 Å². The van der Waals surface area contributed by atoms with Crippen molar-refractivity contribution in [2.45, 2.75) is 18.9 Å². The number of carbonyl (C=O) groups excluding carboxylic acids is 1. The Morgan fingerprint density at radius 3 is 2.95 bits per heavy atom. The molecule has 0 atom stereocenters. The number of carboxylic acids is 1. The lowest BCUT2D eigenvalue weighted by atomic mass is 10.2. The van der Waals surface area contributed by atoms with E-state index in [1.165, 1.54) is 15.6 Å². The van der Waals surface area contributed by atoms with Gasteiger partial charge in [-0.1, -0.05) is 0 Å². The van der Waals surface area contributed by atoms with Gasteiger partial charge in [0, 0.05) is 18.4 Å². The van der Waals surface area contributed by atoms with Gasteiger partial charge in [-0.15, -0.1) is 0 Å². The molecule has 7 heteroatoms. The number of carboxylic acid groups (broad SMARTS) is 1. The lowest BCUT2D eigenvalue weighted by molar-refractivity contribution is -0.137. The Hall–Kier alpha value is -2.44. The van der Waals surface area contributed by atoms with Gasteiger partial charge in [-0.25, -0.2) is 9.50 Å². The van der Waals surface area contributed by atoms with E-state index in [1.807, 2.05) is 0 Å². The summed E-state index contributed by atoms with van der Waals surface area (Å²) in [5.74, 6) is -1.33. The molecule has 1 saturated carbocycles. The molecule has 1 N–H and O–H groups in total. The van der Waals surface area contributed by atoms with E-state index < -0.39 is 5.97 Å². The Labute approximate surface area is 108 Å². The highest BCUT2D eigenvalue weighted by Gasteiger charge is 2.35. The molecule has 2 aromatic heterocycles. The number of fused-ring (bicyclic) bond motifs is 1. The van der Waals surface area contributed by atoms with Crippen molar-refractivity contribution in [1.82, 2.24) is 19.5 Å². The number of hydrogen-bond donors (Lipinski definition) is 1. The van der Waals surface area contributed by atoms with Crippen LogP contribution in [0, 0.1) is 0 Å². The molecule has 7 nitrogen and oxygen atoms in total. The molecule has 1 aliphatic rings. The van der Waals surface area contributed by atoms with Gasteiger partial charge in [0.1, 0.15) is 12.1 Å². The fraction of sp³-hybridized carbons (Fsp3) is 0.333. The van der Waals surface area contributed by atoms with E-state index in [9.17, 15) is 9.59 Å². The van der Waals surface area contributed by atoms with Gasteiger partial charge in [-0.05, 0) is 18.9 Å². The molecular formula is C12H12N4O3. The smallest absolute Gasteiger partial charge is 0.323 e. The minimum absolute atomic E-state index is 0.0299. The molecule has 0 saturated heterocycles. The second-order valence-electron chi connectivity index (χ2n) is 4.50. The van der Waals surface area contributed by atoms with Crippen molar-refractivity contribution >= 4 is 17.5 Å². The summed E-state index contributed by atoms with van der Waals surface area (Å²) in [4.78, 5) is 28.7. The van der Waals surface area contributed by atoms with Crippen LogP contribution in [0.15, 0.2) is 24.7 Å². The number of nitrogens with zero attached hydrogens (tertiary/aromatic N) is 4. The first-order chi connectivity index (χ1) is 9.16. The predicted octanol–water partition coefficient (Wildman–Crippen LogP) is 0.418. The van der Waals surface area contributed by atoms with Gasteiger partial charge in [0.2, 0.25) is 0 Å². The van der Waals surface area contributed by atoms with Gasteiger partial charge in [-0.2, -0.15) is 5.10 Å². The van der Waals surface area contributed by atoms with Crippen molar-refractivity contribution in [2.24, 2.45) is 0 Å². The Kier molecular flexibility index (Phi) is 2.66. The molecule has 0 bridgehead atoms. The maximum Gasteiger partial charge on any atom is 0.323 e.